The summed E-state index contributed by atoms with van der Waals surface area (Å²) in [6.45, 7) is 4.08. The lowest BCUT2D eigenvalue weighted by atomic mass is 9.97. The van der Waals surface area contributed by atoms with E-state index < -0.39 is 0 Å². The molecule has 2 aromatic carbocycles. The van der Waals surface area contributed by atoms with Crippen LogP contribution in [0.1, 0.15) is 31.9 Å². The summed E-state index contributed by atoms with van der Waals surface area (Å²) in [6.07, 6.45) is 2.13. The highest BCUT2D eigenvalue weighted by atomic mass is 35.5. The molecular weight excluding hydrogens is 397 g/mol. The average molecular weight is 418 g/mol. The number of hydrogen-bond donors (Lipinski definition) is 1. The standard InChI is InChI=1S/C21H21Cl2N3O2/c1-13(2)8-18(14-6-4-3-5-7-14)25-19(27)11-26-12-24-20-16(21(26)28)9-15(22)10-17(20)23/h3-7,9-10,12-13,18H,8,11H2,1-2H3,(H,25,27). The Balaban J connectivity index is 1.84. The van der Waals surface area contributed by atoms with Crippen molar-refractivity contribution in [3.05, 3.63) is 74.8 Å². The zero-order valence-electron chi connectivity index (χ0n) is 15.7. The van der Waals surface area contributed by atoms with Gasteiger partial charge in [-0.05, 0) is 30.0 Å². The van der Waals surface area contributed by atoms with Gasteiger partial charge in [-0.1, -0.05) is 67.4 Å². The number of benzene rings is 2. The van der Waals surface area contributed by atoms with Gasteiger partial charge in [0.15, 0.2) is 0 Å². The lowest BCUT2D eigenvalue weighted by molar-refractivity contribution is -0.122. The first-order valence-corrected chi connectivity index (χ1v) is 9.79. The minimum Gasteiger partial charge on any atom is -0.348 e. The topological polar surface area (TPSA) is 64.0 Å². The monoisotopic (exact) mass is 417 g/mol. The number of nitrogens with zero attached hydrogens (tertiary/aromatic N) is 2. The third-order valence-corrected chi connectivity index (χ3v) is 4.91. The molecule has 0 radical (unpaired) electrons. The smallest absolute Gasteiger partial charge is 0.261 e. The van der Waals surface area contributed by atoms with E-state index in [-0.39, 0.29) is 29.4 Å². The van der Waals surface area contributed by atoms with E-state index >= 15 is 0 Å². The van der Waals surface area contributed by atoms with Gasteiger partial charge >= 0.3 is 0 Å². The van der Waals surface area contributed by atoms with E-state index in [9.17, 15) is 9.59 Å². The van der Waals surface area contributed by atoms with Gasteiger partial charge in [0.05, 0.1) is 28.3 Å². The molecule has 0 aliphatic heterocycles. The number of hydrogen-bond acceptors (Lipinski definition) is 3. The number of halogens is 2. The van der Waals surface area contributed by atoms with E-state index in [1.54, 1.807) is 0 Å². The number of nitrogens with one attached hydrogen (secondary N) is 1. The molecule has 0 aliphatic rings. The molecule has 1 unspecified atom stereocenters. The van der Waals surface area contributed by atoms with E-state index in [4.69, 9.17) is 23.2 Å². The van der Waals surface area contributed by atoms with Crippen molar-refractivity contribution in [2.75, 3.05) is 0 Å². The molecule has 3 rings (SSSR count). The second-order valence-electron chi connectivity index (χ2n) is 7.12. The minimum absolute atomic E-state index is 0.123. The first-order chi connectivity index (χ1) is 13.3. The third kappa shape index (κ3) is 4.72. The summed E-state index contributed by atoms with van der Waals surface area (Å²) < 4.78 is 1.27. The number of amides is 1. The molecule has 1 amide bonds. The van der Waals surface area contributed by atoms with Crippen LogP contribution in [-0.4, -0.2) is 15.5 Å². The van der Waals surface area contributed by atoms with Crippen molar-refractivity contribution in [2.24, 2.45) is 5.92 Å². The molecule has 0 bridgehead atoms. The highest BCUT2D eigenvalue weighted by Gasteiger charge is 2.17. The van der Waals surface area contributed by atoms with Gasteiger partial charge in [-0.25, -0.2) is 4.98 Å². The molecule has 1 atom stereocenters. The van der Waals surface area contributed by atoms with Crippen LogP contribution >= 0.6 is 23.2 Å². The van der Waals surface area contributed by atoms with Crippen molar-refractivity contribution in [2.45, 2.75) is 32.9 Å². The van der Waals surface area contributed by atoms with Crippen LogP contribution < -0.4 is 10.9 Å². The summed E-state index contributed by atoms with van der Waals surface area (Å²) >= 11 is 12.1. The Morgan fingerprint density at radius 3 is 2.57 bits per heavy atom. The molecule has 1 N–H and O–H groups in total. The molecule has 0 saturated carbocycles. The number of carbonyl (C=O) groups excluding carboxylic acids is 1. The van der Waals surface area contributed by atoms with Crippen molar-refractivity contribution in [1.82, 2.24) is 14.9 Å². The largest absolute Gasteiger partial charge is 0.348 e. The maximum Gasteiger partial charge on any atom is 0.261 e. The van der Waals surface area contributed by atoms with Crippen molar-refractivity contribution < 1.29 is 4.79 Å². The second-order valence-corrected chi connectivity index (χ2v) is 7.97. The molecule has 1 aromatic heterocycles. The van der Waals surface area contributed by atoms with E-state index in [2.05, 4.69) is 24.1 Å². The summed E-state index contributed by atoms with van der Waals surface area (Å²) in [5, 5.41) is 3.97. The van der Waals surface area contributed by atoms with Crippen LogP contribution in [0.4, 0.5) is 0 Å². The number of fused-ring (bicyclic) bond motifs is 1. The first kappa shape index (κ1) is 20.4. The van der Waals surface area contributed by atoms with Crippen LogP contribution in [0.15, 0.2) is 53.6 Å². The highest BCUT2D eigenvalue weighted by molar-refractivity contribution is 6.38. The van der Waals surface area contributed by atoms with Crippen molar-refractivity contribution in [3.63, 3.8) is 0 Å². The van der Waals surface area contributed by atoms with E-state index in [1.165, 1.54) is 23.0 Å². The van der Waals surface area contributed by atoms with Gasteiger partial charge in [0.1, 0.15) is 6.54 Å². The fourth-order valence-corrected chi connectivity index (χ4v) is 3.68. The van der Waals surface area contributed by atoms with Crippen LogP contribution in [0.25, 0.3) is 10.9 Å². The quantitative estimate of drug-likeness (QED) is 0.636. The second kappa shape index (κ2) is 8.76. The number of aromatic nitrogens is 2. The molecule has 5 nitrogen and oxygen atoms in total. The summed E-state index contributed by atoms with van der Waals surface area (Å²) in [6, 6.07) is 12.7. The van der Waals surface area contributed by atoms with E-state index in [1.807, 2.05) is 30.3 Å². The van der Waals surface area contributed by atoms with Gasteiger partial charge in [-0.15, -0.1) is 0 Å². The molecule has 28 heavy (non-hydrogen) atoms. The molecule has 146 valence electrons. The van der Waals surface area contributed by atoms with Crippen LogP contribution in [0.3, 0.4) is 0 Å². The number of rotatable bonds is 6. The lowest BCUT2D eigenvalue weighted by Gasteiger charge is -2.21. The Morgan fingerprint density at radius 2 is 1.89 bits per heavy atom. The van der Waals surface area contributed by atoms with Gasteiger partial charge < -0.3 is 5.32 Å². The molecule has 3 aromatic rings. The van der Waals surface area contributed by atoms with Gasteiger partial charge in [0.2, 0.25) is 5.91 Å². The molecule has 0 spiro atoms. The van der Waals surface area contributed by atoms with Crippen molar-refractivity contribution >= 4 is 40.0 Å². The van der Waals surface area contributed by atoms with Crippen LogP contribution in [-0.2, 0) is 11.3 Å². The highest BCUT2D eigenvalue weighted by Crippen LogP contribution is 2.24. The van der Waals surface area contributed by atoms with Gasteiger partial charge in [-0.3, -0.25) is 14.2 Å². The Labute approximate surface area is 173 Å². The zero-order valence-corrected chi connectivity index (χ0v) is 17.2. The van der Waals surface area contributed by atoms with Gasteiger partial charge in [-0.2, -0.15) is 0 Å². The normalized spacial score (nSPS) is 12.3. The summed E-state index contributed by atoms with van der Waals surface area (Å²) in [7, 11) is 0. The Kier molecular flexibility index (Phi) is 6.37. The molecule has 0 saturated heterocycles. The number of carbonyl (C=O) groups is 1. The predicted molar refractivity (Wildman–Crippen MR) is 113 cm³/mol. The summed E-state index contributed by atoms with van der Waals surface area (Å²) in [5.74, 6) is 0.144. The lowest BCUT2D eigenvalue weighted by Crippen LogP contribution is -2.35. The fraction of sp³-hybridized carbons (Fsp3) is 0.286. The molecule has 0 aliphatic carbocycles. The van der Waals surface area contributed by atoms with Crippen molar-refractivity contribution in [3.8, 4) is 0 Å². The maximum atomic E-state index is 12.7. The fourth-order valence-electron chi connectivity index (χ4n) is 3.14. The molecule has 1 heterocycles. The Bertz CT molecular complexity index is 1050. The van der Waals surface area contributed by atoms with Crippen molar-refractivity contribution in [1.29, 1.82) is 0 Å². The van der Waals surface area contributed by atoms with Crippen LogP contribution in [0, 0.1) is 5.92 Å². The summed E-state index contributed by atoms with van der Waals surface area (Å²) in [4.78, 5) is 29.6. The van der Waals surface area contributed by atoms with Gasteiger partial charge in [0.25, 0.3) is 5.56 Å². The van der Waals surface area contributed by atoms with E-state index in [0.717, 1.165) is 12.0 Å². The van der Waals surface area contributed by atoms with Crippen LogP contribution in [0.5, 0.6) is 0 Å². The Morgan fingerprint density at radius 1 is 1.18 bits per heavy atom. The van der Waals surface area contributed by atoms with Crippen LogP contribution in [0.2, 0.25) is 10.0 Å². The SMILES string of the molecule is CC(C)CC(NC(=O)Cn1cnc2c(Cl)cc(Cl)cc2c1=O)c1ccccc1. The first-order valence-electron chi connectivity index (χ1n) is 9.03. The summed E-state index contributed by atoms with van der Waals surface area (Å²) in [5.41, 5.74) is 1.05. The molecule has 7 heteroatoms. The molecule has 0 fully saturated rings. The maximum absolute atomic E-state index is 12.7. The predicted octanol–water partition coefficient (Wildman–Crippen LogP) is 4.61. The van der Waals surface area contributed by atoms with E-state index in [0.29, 0.717) is 21.5 Å². The average Bonchev–Trinajstić information content (AvgIpc) is 2.64. The minimum atomic E-state index is -0.357. The zero-order chi connectivity index (χ0) is 20.3. The van der Waals surface area contributed by atoms with Gasteiger partial charge in [0, 0.05) is 5.02 Å². The third-order valence-electron chi connectivity index (χ3n) is 4.40. The Hall–Kier alpha value is -2.37. The molecular formula is C21H21Cl2N3O2.